The first-order valence-electron chi connectivity index (χ1n) is 6.99. The Labute approximate surface area is 124 Å². The standard InChI is InChI=1S/C17H18N2O2/c1-19(15-8-4-2-6-12(15)10-18)17(20)14-11-21-16-9-5-3-7-13(14)16/h2-9,14H,10-11,18H2,1H3. The van der Waals surface area contributed by atoms with Gasteiger partial charge in [0.05, 0.1) is 0 Å². The Bertz CT molecular complexity index is 669. The fourth-order valence-electron chi connectivity index (χ4n) is 2.73. The first kappa shape index (κ1) is 13.6. The molecule has 0 aromatic heterocycles. The normalized spacial score (nSPS) is 16.2. The van der Waals surface area contributed by atoms with Crippen molar-refractivity contribution in [2.75, 3.05) is 18.6 Å². The average Bonchev–Trinajstić information content (AvgIpc) is 2.97. The minimum Gasteiger partial charge on any atom is -0.492 e. The summed E-state index contributed by atoms with van der Waals surface area (Å²) in [7, 11) is 1.79. The van der Waals surface area contributed by atoms with Crippen molar-refractivity contribution in [2.45, 2.75) is 12.5 Å². The highest BCUT2D eigenvalue weighted by atomic mass is 16.5. The number of amides is 1. The van der Waals surface area contributed by atoms with E-state index >= 15 is 0 Å². The summed E-state index contributed by atoms with van der Waals surface area (Å²) in [6.45, 7) is 0.804. The van der Waals surface area contributed by atoms with Crippen molar-refractivity contribution >= 4 is 11.6 Å². The van der Waals surface area contributed by atoms with Gasteiger partial charge in [-0.15, -0.1) is 0 Å². The van der Waals surface area contributed by atoms with Crippen LogP contribution < -0.4 is 15.4 Å². The maximum Gasteiger partial charge on any atom is 0.237 e. The molecule has 0 saturated carbocycles. The number of benzene rings is 2. The van der Waals surface area contributed by atoms with E-state index in [1.807, 2.05) is 48.5 Å². The maximum absolute atomic E-state index is 12.8. The molecule has 0 radical (unpaired) electrons. The van der Waals surface area contributed by atoms with E-state index in [2.05, 4.69) is 0 Å². The van der Waals surface area contributed by atoms with Crippen LogP contribution >= 0.6 is 0 Å². The molecule has 2 N–H and O–H groups in total. The lowest BCUT2D eigenvalue weighted by Gasteiger charge is -2.23. The third-order valence-electron chi connectivity index (χ3n) is 3.90. The zero-order valence-corrected chi connectivity index (χ0v) is 12.0. The highest BCUT2D eigenvalue weighted by Gasteiger charge is 2.32. The van der Waals surface area contributed by atoms with Crippen LogP contribution in [0.1, 0.15) is 17.0 Å². The quantitative estimate of drug-likeness (QED) is 0.939. The topological polar surface area (TPSA) is 55.6 Å². The van der Waals surface area contributed by atoms with Gasteiger partial charge in [0.1, 0.15) is 18.3 Å². The van der Waals surface area contributed by atoms with E-state index in [9.17, 15) is 4.79 Å². The average molecular weight is 282 g/mol. The first-order chi connectivity index (χ1) is 10.2. The minimum absolute atomic E-state index is 0.0286. The van der Waals surface area contributed by atoms with Crippen LogP contribution in [0.5, 0.6) is 5.75 Å². The molecule has 0 bridgehead atoms. The van der Waals surface area contributed by atoms with Crippen molar-refractivity contribution in [1.82, 2.24) is 0 Å². The molecular weight excluding hydrogens is 264 g/mol. The summed E-state index contributed by atoms with van der Waals surface area (Å²) < 4.78 is 5.60. The summed E-state index contributed by atoms with van der Waals surface area (Å²) >= 11 is 0. The van der Waals surface area contributed by atoms with E-state index in [1.165, 1.54) is 0 Å². The van der Waals surface area contributed by atoms with Gasteiger partial charge in [0.25, 0.3) is 0 Å². The van der Waals surface area contributed by atoms with Crippen molar-refractivity contribution in [1.29, 1.82) is 0 Å². The molecular formula is C17H18N2O2. The third kappa shape index (κ3) is 2.38. The van der Waals surface area contributed by atoms with Gasteiger partial charge in [-0.3, -0.25) is 4.79 Å². The third-order valence-corrected chi connectivity index (χ3v) is 3.90. The molecule has 1 heterocycles. The van der Waals surface area contributed by atoms with Crippen LogP contribution in [0.15, 0.2) is 48.5 Å². The van der Waals surface area contributed by atoms with Crippen LogP contribution in [-0.4, -0.2) is 19.6 Å². The second kappa shape index (κ2) is 5.58. The number of likely N-dealkylation sites (N-methyl/N-ethyl adjacent to an activating group) is 1. The van der Waals surface area contributed by atoms with Crippen LogP contribution in [0.2, 0.25) is 0 Å². The van der Waals surface area contributed by atoms with E-state index in [-0.39, 0.29) is 11.8 Å². The van der Waals surface area contributed by atoms with Crippen molar-refractivity contribution < 1.29 is 9.53 Å². The van der Waals surface area contributed by atoms with E-state index in [4.69, 9.17) is 10.5 Å². The monoisotopic (exact) mass is 282 g/mol. The molecule has 1 amide bonds. The van der Waals surface area contributed by atoms with Crippen LogP contribution in [-0.2, 0) is 11.3 Å². The zero-order valence-electron chi connectivity index (χ0n) is 12.0. The largest absolute Gasteiger partial charge is 0.492 e. The molecule has 0 saturated heterocycles. The van der Waals surface area contributed by atoms with Gasteiger partial charge in [-0.1, -0.05) is 36.4 Å². The summed E-state index contributed by atoms with van der Waals surface area (Å²) in [5.41, 5.74) is 8.53. The van der Waals surface area contributed by atoms with Gasteiger partial charge in [-0.2, -0.15) is 0 Å². The highest BCUT2D eigenvalue weighted by molar-refractivity contribution is 5.99. The fraction of sp³-hybridized carbons (Fsp3) is 0.235. The zero-order chi connectivity index (χ0) is 14.8. The van der Waals surface area contributed by atoms with Gasteiger partial charge in [-0.25, -0.2) is 0 Å². The Kier molecular flexibility index (Phi) is 3.62. The number of hydrogen-bond acceptors (Lipinski definition) is 3. The molecule has 0 aliphatic carbocycles. The molecule has 4 nitrogen and oxygen atoms in total. The van der Waals surface area contributed by atoms with Crippen LogP contribution in [0.3, 0.4) is 0 Å². The summed E-state index contributed by atoms with van der Waals surface area (Å²) in [6.07, 6.45) is 0. The number of carbonyl (C=O) groups excluding carboxylic acids is 1. The predicted molar refractivity (Wildman–Crippen MR) is 82.4 cm³/mol. The first-order valence-corrected chi connectivity index (χ1v) is 6.99. The molecule has 21 heavy (non-hydrogen) atoms. The second-order valence-electron chi connectivity index (χ2n) is 5.13. The molecule has 108 valence electrons. The number of para-hydroxylation sites is 2. The Balaban J connectivity index is 1.89. The number of hydrogen-bond donors (Lipinski definition) is 1. The SMILES string of the molecule is CN(C(=O)C1COc2ccccc21)c1ccccc1CN. The summed E-state index contributed by atoms with van der Waals surface area (Å²) in [4.78, 5) is 14.5. The van der Waals surface area contributed by atoms with Gasteiger partial charge in [-0.05, 0) is 17.7 Å². The summed E-state index contributed by atoms with van der Waals surface area (Å²) in [5.74, 6) is 0.578. The predicted octanol–water partition coefficient (Wildman–Crippen LogP) is 2.28. The number of carbonyl (C=O) groups is 1. The number of nitrogens with two attached hydrogens (primary N) is 1. The molecule has 2 aromatic rings. The molecule has 3 rings (SSSR count). The maximum atomic E-state index is 12.8. The highest BCUT2D eigenvalue weighted by Crippen LogP contribution is 2.35. The van der Waals surface area contributed by atoms with Gasteiger partial charge in [0.2, 0.25) is 5.91 Å². The molecule has 1 unspecified atom stereocenters. The van der Waals surface area contributed by atoms with Crippen LogP contribution in [0.4, 0.5) is 5.69 Å². The molecule has 0 fully saturated rings. The molecule has 1 aliphatic heterocycles. The van der Waals surface area contributed by atoms with E-state index in [0.717, 1.165) is 22.6 Å². The van der Waals surface area contributed by atoms with Crippen LogP contribution in [0.25, 0.3) is 0 Å². The van der Waals surface area contributed by atoms with Crippen molar-refractivity contribution in [3.63, 3.8) is 0 Å². The number of fused-ring (bicyclic) bond motifs is 1. The summed E-state index contributed by atoms with van der Waals surface area (Å²) in [5, 5.41) is 0. The van der Waals surface area contributed by atoms with Crippen molar-refractivity contribution in [2.24, 2.45) is 5.73 Å². The minimum atomic E-state index is -0.253. The van der Waals surface area contributed by atoms with Gasteiger partial charge < -0.3 is 15.4 Å². The Morgan fingerprint density at radius 3 is 2.76 bits per heavy atom. The van der Waals surface area contributed by atoms with Gasteiger partial charge >= 0.3 is 0 Å². The Hall–Kier alpha value is -2.33. The molecule has 4 heteroatoms. The van der Waals surface area contributed by atoms with Crippen LogP contribution in [0, 0.1) is 0 Å². The fourth-order valence-corrected chi connectivity index (χ4v) is 2.73. The molecule has 0 spiro atoms. The molecule has 2 aromatic carbocycles. The van der Waals surface area contributed by atoms with Gasteiger partial charge in [0.15, 0.2) is 0 Å². The van der Waals surface area contributed by atoms with Crippen molar-refractivity contribution in [3.05, 3.63) is 59.7 Å². The number of nitrogens with zero attached hydrogens (tertiary/aromatic N) is 1. The summed E-state index contributed by atoms with van der Waals surface area (Å²) in [6, 6.07) is 15.4. The second-order valence-corrected chi connectivity index (χ2v) is 5.13. The number of anilines is 1. The molecule has 1 atom stereocenters. The lowest BCUT2D eigenvalue weighted by molar-refractivity contribution is -0.119. The van der Waals surface area contributed by atoms with Gasteiger partial charge in [0, 0.05) is 24.8 Å². The van der Waals surface area contributed by atoms with E-state index in [1.54, 1.807) is 11.9 Å². The Morgan fingerprint density at radius 2 is 1.95 bits per heavy atom. The smallest absolute Gasteiger partial charge is 0.237 e. The van der Waals surface area contributed by atoms with Crippen molar-refractivity contribution in [3.8, 4) is 5.75 Å². The Morgan fingerprint density at radius 1 is 1.24 bits per heavy atom. The lowest BCUT2D eigenvalue weighted by Crippen LogP contribution is -2.33. The molecule has 1 aliphatic rings. The number of ether oxygens (including phenoxy) is 1. The van der Waals surface area contributed by atoms with E-state index < -0.39 is 0 Å². The number of rotatable bonds is 3. The van der Waals surface area contributed by atoms with E-state index in [0.29, 0.717) is 13.2 Å². The lowest BCUT2D eigenvalue weighted by atomic mass is 9.99.